The summed E-state index contributed by atoms with van der Waals surface area (Å²) in [5, 5.41) is 5.53. The lowest BCUT2D eigenvalue weighted by Crippen LogP contribution is -2.50. The van der Waals surface area contributed by atoms with E-state index in [9.17, 15) is 14.4 Å². The summed E-state index contributed by atoms with van der Waals surface area (Å²) in [4.78, 5) is 37.9. The summed E-state index contributed by atoms with van der Waals surface area (Å²) in [6.45, 7) is 9.68. The molecule has 2 N–H and O–H groups in total. The van der Waals surface area contributed by atoms with Crippen LogP contribution in [0.4, 0.5) is 4.79 Å². The van der Waals surface area contributed by atoms with Gasteiger partial charge in [-0.1, -0.05) is 84.4 Å². The summed E-state index contributed by atoms with van der Waals surface area (Å²) in [7, 11) is 0. The van der Waals surface area contributed by atoms with Gasteiger partial charge in [0.25, 0.3) is 0 Å². The molecule has 0 saturated carbocycles. The van der Waals surface area contributed by atoms with Crippen LogP contribution in [0.5, 0.6) is 0 Å². The van der Waals surface area contributed by atoms with Crippen molar-refractivity contribution in [1.82, 2.24) is 10.6 Å². The number of aryl methyl sites for hydroxylation is 1. The highest BCUT2D eigenvalue weighted by atomic mass is 16.6. The first-order chi connectivity index (χ1) is 19.5. The molecule has 0 aliphatic rings. The summed E-state index contributed by atoms with van der Waals surface area (Å²) in [5.41, 5.74) is 4.01. The van der Waals surface area contributed by atoms with E-state index in [4.69, 9.17) is 14.2 Å². The zero-order chi connectivity index (χ0) is 29.8. The number of amides is 2. The molecule has 8 nitrogen and oxygen atoms in total. The Morgan fingerprint density at radius 2 is 1.37 bits per heavy atom. The predicted octanol–water partition coefficient (Wildman–Crippen LogP) is 5.40. The highest BCUT2D eigenvalue weighted by molar-refractivity contribution is 5.82. The molecular formula is C33H40N2O6. The zero-order valence-electron chi connectivity index (χ0n) is 24.4. The van der Waals surface area contributed by atoms with Gasteiger partial charge in [0.2, 0.25) is 5.91 Å². The molecule has 0 aliphatic carbocycles. The van der Waals surface area contributed by atoms with E-state index in [1.54, 1.807) is 27.7 Å². The lowest BCUT2D eigenvalue weighted by molar-refractivity contribution is -0.151. The number of esters is 1. The molecule has 0 unspecified atom stereocenters. The van der Waals surface area contributed by atoms with Gasteiger partial charge in [-0.05, 0) is 56.9 Å². The number of hydrogen-bond donors (Lipinski definition) is 2. The summed E-state index contributed by atoms with van der Waals surface area (Å²) in [6, 6.07) is 23.8. The Hall–Kier alpha value is -4.17. The van der Waals surface area contributed by atoms with E-state index in [1.165, 1.54) is 5.56 Å². The van der Waals surface area contributed by atoms with Crippen LogP contribution in [0, 0.1) is 6.92 Å². The second-order valence-electron chi connectivity index (χ2n) is 11.0. The van der Waals surface area contributed by atoms with Crippen LogP contribution in [0.25, 0.3) is 0 Å². The van der Waals surface area contributed by atoms with Gasteiger partial charge in [-0.25, -0.2) is 9.59 Å². The lowest BCUT2D eigenvalue weighted by atomic mass is 10.1. The van der Waals surface area contributed by atoms with Crippen LogP contribution in [-0.4, -0.2) is 35.7 Å². The molecule has 8 heteroatoms. The topological polar surface area (TPSA) is 103 Å². The van der Waals surface area contributed by atoms with Crippen LogP contribution < -0.4 is 10.6 Å². The van der Waals surface area contributed by atoms with Gasteiger partial charge in [-0.3, -0.25) is 4.79 Å². The third kappa shape index (κ3) is 11.5. The number of benzene rings is 3. The number of hydrogen-bond acceptors (Lipinski definition) is 6. The van der Waals surface area contributed by atoms with Crippen LogP contribution in [0.1, 0.15) is 55.5 Å². The molecular weight excluding hydrogens is 520 g/mol. The molecule has 0 bridgehead atoms. The number of carbonyl (C=O) groups is 3. The molecule has 0 radical (unpaired) electrons. The van der Waals surface area contributed by atoms with Crippen molar-refractivity contribution in [2.45, 2.75) is 78.5 Å². The second-order valence-corrected chi connectivity index (χ2v) is 11.0. The molecule has 0 fully saturated rings. The predicted molar refractivity (Wildman–Crippen MR) is 157 cm³/mol. The van der Waals surface area contributed by atoms with Crippen LogP contribution in [0.15, 0.2) is 78.9 Å². The van der Waals surface area contributed by atoms with Crippen molar-refractivity contribution in [2.75, 3.05) is 0 Å². The monoisotopic (exact) mass is 560 g/mol. The van der Waals surface area contributed by atoms with Crippen molar-refractivity contribution in [1.29, 1.82) is 0 Å². The fourth-order valence-electron chi connectivity index (χ4n) is 3.85. The lowest BCUT2D eigenvalue weighted by Gasteiger charge is -2.26. The van der Waals surface area contributed by atoms with Crippen LogP contribution in [0.2, 0.25) is 0 Å². The van der Waals surface area contributed by atoms with Gasteiger partial charge < -0.3 is 24.8 Å². The van der Waals surface area contributed by atoms with Gasteiger partial charge in [0.15, 0.2) is 6.04 Å². The van der Waals surface area contributed by atoms with E-state index in [1.807, 2.05) is 85.8 Å². The van der Waals surface area contributed by atoms with Crippen molar-refractivity contribution < 1.29 is 28.6 Å². The number of rotatable bonds is 12. The van der Waals surface area contributed by atoms with Crippen molar-refractivity contribution in [3.8, 4) is 0 Å². The van der Waals surface area contributed by atoms with Gasteiger partial charge in [-0.2, -0.15) is 0 Å². The molecule has 0 saturated heterocycles. The SMILES string of the molecule is Cc1ccc(CNC(=O)Cc2ccc(COC(=O)[C@@H](NC(=O)OC(C)(C)C)[C@@H](C)OCc3ccccc3)cc2)cc1. The summed E-state index contributed by atoms with van der Waals surface area (Å²) >= 11 is 0. The largest absolute Gasteiger partial charge is 0.459 e. The van der Waals surface area contributed by atoms with E-state index in [0.717, 1.165) is 22.3 Å². The highest BCUT2D eigenvalue weighted by Crippen LogP contribution is 2.13. The number of carbonyl (C=O) groups excluding carboxylic acids is 3. The van der Waals surface area contributed by atoms with Gasteiger partial charge in [0, 0.05) is 6.54 Å². The molecule has 3 rings (SSSR count). The number of nitrogens with one attached hydrogen (secondary N) is 2. The smallest absolute Gasteiger partial charge is 0.408 e. The molecule has 218 valence electrons. The zero-order valence-corrected chi connectivity index (χ0v) is 24.4. The Labute approximate surface area is 242 Å². The van der Waals surface area contributed by atoms with E-state index in [0.29, 0.717) is 6.54 Å². The Kier molecular flexibility index (Phi) is 11.5. The van der Waals surface area contributed by atoms with Gasteiger partial charge in [0.05, 0.1) is 19.1 Å². The van der Waals surface area contributed by atoms with Crippen LogP contribution >= 0.6 is 0 Å². The van der Waals surface area contributed by atoms with Crippen molar-refractivity contribution >= 4 is 18.0 Å². The van der Waals surface area contributed by atoms with Crippen LogP contribution in [-0.2, 0) is 50.0 Å². The van der Waals surface area contributed by atoms with E-state index in [2.05, 4.69) is 10.6 Å². The fraction of sp³-hybridized carbons (Fsp3) is 0.364. The fourth-order valence-corrected chi connectivity index (χ4v) is 3.85. The Balaban J connectivity index is 1.53. The molecule has 0 aromatic heterocycles. The molecule has 2 atom stereocenters. The summed E-state index contributed by atoms with van der Waals surface area (Å²) in [5.74, 6) is -0.721. The first-order valence-corrected chi connectivity index (χ1v) is 13.7. The van der Waals surface area contributed by atoms with Crippen molar-refractivity contribution in [3.63, 3.8) is 0 Å². The number of ether oxygens (including phenoxy) is 3. The van der Waals surface area contributed by atoms with E-state index >= 15 is 0 Å². The highest BCUT2D eigenvalue weighted by Gasteiger charge is 2.31. The first kappa shape index (κ1) is 31.4. The quantitative estimate of drug-likeness (QED) is 0.288. The maximum absolute atomic E-state index is 13.1. The molecule has 3 aromatic carbocycles. The molecule has 41 heavy (non-hydrogen) atoms. The Bertz CT molecular complexity index is 1270. The summed E-state index contributed by atoms with van der Waals surface area (Å²) in [6.07, 6.45) is -1.18. The molecule has 2 amide bonds. The average Bonchev–Trinajstić information content (AvgIpc) is 2.93. The Morgan fingerprint density at radius 3 is 2.00 bits per heavy atom. The molecule has 3 aromatic rings. The minimum Gasteiger partial charge on any atom is -0.459 e. The van der Waals surface area contributed by atoms with Crippen molar-refractivity contribution in [3.05, 3.63) is 107 Å². The van der Waals surface area contributed by atoms with Gasteiger partial charge in [0.1, 0.15) is 12.2 Å². The molecule has 0 aliphatic heterocycles. The average molecular weight is 561 g/mol. The third-order valence-corrected chi connectivity index (χ3v) is 6.13. The van der Waals surface area contributed by atoms with Crippen molar-refractivity contribution in [2.24, 2.45) is 0 Å². The molecule has 0 spiro atoms. The molecule has 0 heterocycles. The second kappa shape index (κ2) is 15.0. The normalized spacial score (nSPS) is 12.6. The maximum atomic E-state index is 13.1. The van der Waals surface area contributed by atoms with Gasteiger partial charge in [-0.15, -0.1) is 0 Å². The first-order valence-electron chi connectivity index (χ1n) is 13.7. The third-order valence-electron chi connectivity index (χ3n) is 6.13. The summed E-state index contributed by atoms with van der Waals surface area (Å²) < 4.78 is 16.8. The standard InChI is InChI=1S/C33H40N2O6/c1-23-11-13-26(14-12-23)20-34-29(36)19-25-15-17-28(18-16-25)22-40-31(37)30(35-32(38)41-33(3,4)5)24(2)39-21-27-9-7-6-8-10-27/h6-18,24,30H,19-22H2,1-5H3,(H,34,36)(H,35,38)/t24-,30+/m1/s1. The maximum Gasteiger partial charge on any atom is 0.408 e. The van der Waals surface area contributed by atoms with E-state index < -0.39 is 29.8 Å². The minimum atomic E-state index is -1.08. The Morgan fingerprint density at radius 1 is 0.780 bits per heavy atom. The van der Waals surface area contributed by atoms with E-state index in [-0.39, 0.29) is 25.5 Å². The van der Waals surface area contributed by atoms with Crippen LogP contribution in [0.3, 0.4) is 0 Å². The van der Waals surface area contributed by atoms with Gasteiger partial charge >= 0.3 is 12.1 Å². The minimum absolute atomic E-state index is 0.00334. The number of alkyl carbamates (subject to hydrolysis) is 1.